The van der Waals surface area contributed by atoms with Crippen LogP contribution >= 0.6 is 23.2 Å². The molecule has 2 rings (SSSR count). The van der Waals surface area contributed by atoms with Crippen molar-refractivity contribution in [3.63, 3.8) is 0 Å². The van der Waals surface area contributed by atoms with Crippen LogP contribution in [0.15, 0.2) is 18.2 Å². The molecule has 94 valence electrons. The molecule has 0 bridgehead atoms. The Labute approximate surface area is 113 Å². The van der Waals surface area contributed by atoms with Crippen LogP contribution in [0.2, 0.25) is 10.0 Å². The normalized spacial score (nSPS) is 20.5. The van der Waals surface area contributed by atoms with Gasteiger partial charge in [0.1, 0.15) is 0 Å². The Hall–Kier alpha value is -0.240. The maximum Gasteiger partial charge on any atom is 0.0634 e. The van der Waals surface area contributed by atoms with E-state index < -0.39 is 0 Å². The van der Waals surface area contributed by atoms with Crippen LogP contribution in [0.4, 0.5) is 0 Å². The smallest absolute Gasteiger partial charge is 0.0634 e. The summed E-state index contributed by atoms with van der Waals surface area (Å²) >= 11 is 12.0. The standard InChI is InChI=1S/C14H18Cl2O/c1-14(6-2-3-7-14)13(17)8-10-4-5-11(15)9-12(10)16/h4-5,9,13,17H,2-3,6-8H2,1H3. The van der Waals surface area contributed by atoms with Crippen molar-refractivity contribution in [2.45, 2.75) is 45.1 Å². The zero-order valence-corrected chi connectivity index (χ0v) is 11.6. The third-order valence-corrected chi connectivity index (χ3v) is 4.57. The zero-order chi connectivity index (χ0) is 12.5. The predicted octanol–water partition coefficient (Wildman–Crippen LogP) is 4.48. The SMILES string of the molecule is CC1(C(O)Cc2ccc(Cl)cc2Cl)CCCC1. The Kier molecular flexibility index (Phi) is 4.02. The fourth-order valence-corrected chi connectivity index (χ4v) is 3.14. The molecule has 1 unspecified atom stereocenters. The molecule has 0 spiro atoms. The molecule has 0 aromatic heterocycles. The summed E-state index contributed by atoms with van der Waals surface area (Å²) in [5, 5.41) is 11.7. The maximum absolute atomic E-state index is 10.4. The monoisotopic (exact) mass is 272 g/mol. The molecule has 0 aliphatic heterocycles. The molecule has 3 heteroatoms. The third-order valence-electron chi connectivity index (χ3n) is 3.98. The van der Waals surface area contributed by atoms with Crippen LogP contribution in [-0.2, 0) is 6.42 Å². The molecule has 1 aliphatic rings. The highest BCUT2D eigenvalue weighted by Crippen LogP contribution is 2.42. The summed E-state index contributed by atoms with van der Waals surface area (Å²) in [5.41, 5.74) is 1.04. The second kappa shape index (κ2) is 5.17. The van der Waals surface area contributed by atoms with Crippen molar-refractivity contribution in [2.75, 3.05) is 0 Å². The third kappa shape index (κ3) is 2.96. The van der Waals surface area contributed by atoms with Gasteiger partial charge in [-0.3, -0.25) is 0 Å². The number of hydrogen-bond acceptors (Lipinski definition) is 1. The molecule has 1 N–H and O–H groups in total. The fourth-order valence-electron chi connectivity index (χ4n) is 2.66. The van der Waals surface area contributed by atoms with Crippen molar-refractivity contribution in [3.05, 3.63) is 33.8 Å². The lowest BCUT2D eigenvalue weighted by Crippen LogP contribution is -2.31. The molecule has 0 radical (unpaired) electrons. The number of halogens is 2. The zero-order valence-electron chi connectivity index (χ0n) is 10.0. The summed E-state index contributed by atoms with van der Waals surface area (Å²) in [6.45, 7) is 2.18. The minimum Gasteiger partial charge on any atom is -0.392 e. The van der Waals surface area contributed by atoms with Gasteiger partial charge in [0, 0.05) is 16.5 Å². The molecule has 0 amide bonds. The Morgan fingerprint density at radius 2 is 1.94 bits per heavy atom. The number of benzene rings is 1. The van der Waals surface area contributed by atoms with Gasteiger partial charge in [-0.05, 0) is 36.0 Å². The Morgan fingerprint density at radius 1 is 1.29 bits per heavy atom. The van der Waals surface area contributed by atoms with E-state index in [9.17, 15) is 5.11 Å². The number of aliphatic hydroxyl groups excluding tert-OH is 1. The van der Waals surface area contributed by atoms with Crippen molar-refractivity contribution in [1.82, 2.24) is 0 Å². The van der Waals surface area contributed by atoms with Crippen LogP contribution in [0.1, 0.15) is 38.2 Å². The lowest BCUT2D eigenvalue weighted by Gasteiger charge is -2.30. The van der Waals surface area contributed by atoms with Gasteiger partial charge in [0.15, 0.2) is 0 Å². The molecular weight excluding hydrogens is 255 g/mol. The van der Waals surface area contributed by atoms with Crippen molar-refractivity contribution in [2.24, 2.45) is 5.41 Å². The first-order valence-corrected chi connectivity index (χ1v) is 6.89. The average Bonchev–Trinajstić information content (AvgIpc) is 2.71. The molecule has 1 atom stereocenters. The van der Waals surface area contributed by atoms with E-state index in [4.69, 9.17) is 23.2 Å². The highest BCUT2D eigenvalue weighted by molar-refractivity contribution is 6.35. The van der Waals surface area contributed by atoms with Gasteiger partial charge in [0.2, 0.25) is 0 Å². The summed E-state index contributed by atoms with van der Waals surface area (Å²) in [7, 11) is 0. The number of rotatable bonds is 3. The van der Waals surface area contributed by atoms with Crippen LogP contribution in [0.3, 0.4) is 0 Å². The number of hydrogen-bond donors (Lipinski definition) is 1. The molecule has 17 heavy (non-hydrogen) atoms. The minimum absolute atomic E-state index is 0.0585. The van der Waals surface area contributed by atoms with Crippen LogP contribution < -0.4 is 0 Å². The summed E-state index contributed by atoms with van der Waals surface area (Å²) in [4.78, 5) is 0. The average molecular weight is 273 g/mol. The van der Waals surface area contributed by atoms with Gasteiger partial charge >= 0.3 is 0 Å². The highest BCUT2D eigenvalue weighted by Gasteiger charge is 2.35. The highest BCUT2D eigenvalue weighted by atomic mass is 35.5. The van der Waals surface area contributed by atoms with E-state index in [-0.39, 0.29) is 11.5 Å². The first kappa shape index (κ1) is 13.2. The quantitative estimate of drug-likeness (QED) is 0.861. The Bertz CT molecular complexity index is 397. The van der Waals surface area contributed by atoms with Crippen LogP contribution in [0, 0.1) is 5.41 Å². The Morgan fingerprint density at radius 3 is 2.53 bits per heavy atom. The minimum atomic E-state index is -0.316. The lowest BCUT2D eigenvalue weighted by atomic mass is 9.80. The van der Waals surface area contributed by atoms with Gasteiger partial charge < -0.3 is 5.11 Å². The van der Waals surface area contributed by atoms with E-state index in [2.05, 4.69) is 6.92 Å². The van der Waals surface area contributed by atoms with Crippen molar-refractivity contribution in [3.8, 4) is 0 Å². The molecular formula is C14H18Cl2O. The van der Waals surface area contributed by atoms with Crippen LogP contribution in [0.25, 0.3) is 0 Å². The molecule has 1 fully saturated rings. The van der Waals surface area contributed by atoms with Crippen LogP contribution in [-0.4, -0.2) is 11.2 Å². The van der Waals surface area contributed by atoms with E-state index >= 15 is 0 Å². The number of aliphatic hydroxyl groups is 1. The summed E-state index contributed by atoms with van der Waals surface area (Å²) in [5.74, 6) is 0. The van der Waals surface area contributed by atoms with Gasteiger partial charge in [-0.2, -0.15) is 0 Å². The molecule has 1 aromatic rings. The molecule has 1 saturated carbocycles. The maximum atomic E-state index is 10.4. The summed E-state index contributed by atoms with van der Waals surface area (Å²) < 4.78 is 0. The van der Waals surface area contributed by atoms with E-state index in [1.807, 2.05) is 12.1 Å². The van der Waals surface area contributed by atoms with E-state index in [1.54, 1.807) is 6.07 Å². The van der Waals surface area contributed by atoms with E-state index in [1.165, 1.54) is 12.8 Å². The molecule has 1 aliphatic carbocycles. The largest absolute Gasteiger partial charge is 0.392 e. The van der Waals surface area contributed by atoms with Gasteiger partial charge in [0.25, 0.3) is 0 Å². The van der Waals surface area contributed by atoms with Crippen LogP contribution in [0.5, 0.6) is 0 Å². The molecule has 1 nitrogen and oxygen atoms in total. The van der Waals surface area contributed by atoms with Crippen molar-refractivity contribution in [1.29, 1.82) is 0 Å². The van der Waals surface area contributed by atoms with Gasteiger partial charge in [0.05, 0.1) is 6.10 Å². The second-order valence-corrected chi connectivity index (χ2v) is 6.16. The van der Waals surface area contributed by atoms with Gasteiger partial charge in [-0.25, -0.2) is 0 Å². The predicted molar refractivity (Wildman–Crippen MR) is 72.7 cm³/mol. The fraction of sp³-hybridized carbons (Fsp3) is 0.571. The topological polar surface area (TPSA) is 20.2 Å². The summed E-state index contributed by atoms with van der Waals surface area (Å²) in [6, 6.07) is 5.47. The van der Waals surface area contributed by atoms with Crippen molar-refractivity contribution >= 4 is 23.2 Å². The first-order valence-electron chi connectivity index (χ1n) is 6.13. The Balaban J connectivity index is 2.10. The molecule has 0 heterocycles. The van der Waals surface area contributed by atoms with Gasteiger partial charge in [-0.15, -0.1) is 0 Å². The molecule has 1 aromatic carbocycles. The molecule has 0 saturated heterocycles. The van der Waals surface area contributed by atoms with E-state index in [0.29, 0.717) is 16.5 Å². The second-order valence-electron chi connectivity index (χ2n) is 5.32. The van der Waals surface area contributed by atoms with Crippen molar-refractivity contribution < 1.29 is 5.11 Å². The van der Waals surface area contributed by atoms with Gasteiger partial charge in [-0.1, -0.05) is 49.0 Å². The summed E-state index contributed by atoms with van der Waals surface area (Å²) in [6.07, 6.45) is 4.97. The first-order chi connectivity index (χ1) is 8.01. The lowest BCUT2D eigenvalue weighted by molar-refractivity contribution is 0.0424. The van der Waals surface area contributed by atoms with E-state index in [0.717, 1.165) is 18.4 Å².